The Morgan fingerprint density at radius 1 is 1.62 bits per heavy atom. The Labute approximate surface area is 81.3 Å². The van der Waals surface area contributed by atoms with Crippen molar-refractivity contribution in [1.82, 2.24) is 0 Å². The molecule has 0 spiro atoms. The summed E-state index contributed by atoms with van der Waals surface area (Å²) < 4.78 is 12.9. The van der Waals surface area contributed by atoms with E-state index in [1.165, 1.54) is 6.07 Å². The van der Waals surface area contributed by atoms with Gasteiger partial charge in [-0.1, -0.05) is 6.07 Å². The molecule has 0 aromatic heterocycles. The smallest absolute Gasteiger partial charge is 0.319 e. The van der Waals surface area contributed by atoms with Crippen LogP contribution in [0.1, 0.15) is 5.56 Å². The fourth-order valence-electron chi connectivity index (χ4n) is 0.872. The Hall–Kier alpha value is -1.01. The van der Waals surface area contributed by atoms with Gasteiger partial charge in [0, 0.05) is 0 Å². The Morgan fingerprint density at radius 2 is 2.23 bits per heavy atom. The van der Waals surface area contributed by atoms with Gasteiger partial charge in [-0.3, -0.25) is 10.1 Å². The van der Waals surface area contributed by atoms with Gasteiger partial charge in [-0.15, -0.1) is 0 Å². The standard InChI is InChI=1S/C7H5BrFNO3/c8-6-4(3-11)1-2-5(9)7(6)10(12)13/h1-2,11H,3H2. The minimum absolute atomic E-state index is 0.0139. The Bertz CT molecular complexity index is 356. The second-order valence-electron chi connectivity index (χ2n) is 2.28. The normalized spacial score (nSPS) is 10.1. The summed E-state index contributed by atoms with van der Waals surface area (Å²) in [5.74, 6) is -0.922. The molecule has 0 aliphatic carbocycles. The third kappa shape index (κ3) is 1.84. The molecule has 0 bridgehead atoms. The number of hydrogen-bond acceptors (Lipinski definition) is 3. The van der Waals surface area contributed by atoms with Crippen molar-refractivity contribution in [2.24, 2.45) is 0 Å². The molecule has 0 aliphatic rings. The molecule has 70 valence electrons. The maximum atomic E-state index is 12.9. The van der Waals surface area contributed by atoms with Crippen LogP contribution in [0, 0.1) is 15.9 Å². The lowest BCUT2D eigenvalue weighted by molar-refractivity contribution is -0.388. The van der Waals surface area contributed by atoms with Crippen molar-refractivity contribution in [2.75, 3.05) is 0 Å². The van der Waals surface area contributed by atoms with E-state index in [4.69, 9.17) is 5.11 Å². The molecule has 0 atom stereocenters. The minimum Gasteiger partial charge on any atom is -0.392 e. The quantitative estimate of drug-likeness (QED) is 0.644. The number of aliphatic hydroxyl groups excluding tert-OH is 1. The summed E-state index contributed by atoms with van der Waals surface area (Å²) in [5.41, 5.74) is -0.361. The Balaban J connectivity index is 3.38. The van der Waals surface area contributed by atoms with Crippen LogP contribution in [0.3, 0.4) is 0 Å². The summed E-state index contributed by atoms with van der Waals surface area (Å²) in [6.07, 6.45) is 0. The van der Waals surface area contributed by atoms with E-state index >= 15 is 0 Å². The molecular weight excluding hydrogens is 245 g/mol. The van der Waals surface area contributed by atoms with E-state index in [0.717, 1.165) is 6.07 Å². The average molecular weight is 250 g/mol. The van der Waals surface area contributed by atoms with Gasteiger partial charge in [0.2, 0.25) is 5.82 Å². The molecule has 1 rings (SSSR count). The van der Waals surface area contributed by atoms with Crippen molar-refractivity contribution in [1.29, 1.82) is 0 Å². The summed E-state index contributed by atoms with van der Waals surface area (Å²) >= 11 is 2.85. The first-order valence-corrected chi connectivity index (χ1v) is 4.09. The summed E-state index contributed by atoms with van der Waals surface area (Å²) in [7, 11) is 0. The molecule has 6 heteroatoms. The summed E-state index contributed by atoms with van der Waals surface area (Å²) in [4.78, 5) is 9.53. The van der Waals surface area contributed by atoms with Crippen LogP contribution in [0.2, 0.25) is 0 Å². The lowest BCUT2D eigenvalue weighted by Gasteiger charge is -2.01. The lowest BCUT2D eigenvalue weighted by atomic mass is 10.2. The molecule has 1 aromatic carbocycles. The fraction of sp³-hybridized carbons (Fsp3) is 0.143. The van der Waals surface area contributed by atoms with Gasteiger partial charge in [-0.2, -0.15) is 4.39 Å². The van der Waals surface area contributed by atoms with Crippen LogP contribution < -0.4 is 0 Å². The highest BCUT2D eigenvalue weighted by molar-refractivity contribution is 9.10. The van der Waals surface area contributed by atoms with Gasteiger partial charge in [-0.05, 0) is 27.6 Å². The first-order valence-electron chi connectivity index (χ1n) is 3.30. The molecule has 0 unspecified atom stereocenters. The molecule has 0 radical (unpaired) electrons. The van der Waals surface area contributed by atoms with Crippen molar-refractivity contribution in [3.63, 3.8) is 0 Å². The molecule has 1 aromatic rings. The third-order valence-electron chi connectivity index (χ3n) is 1.50. The van der Waals surface area contributed by atoms with E-state index in [1.54, 1.807) is 0 Å². The average Bonchev–Trinajstić information content (AvgIpc) is 2.04. The number of nitro benzene ring substituents is 1. The van der Waals surface area contributed by atoms with E-state index in [2.05, 4.69) is 15.9 Å². The van der Waals surface area contributed by atoms with Gasteiger partial charge < -0.3 is 5.11 Å². The van der Waals surface area contributed by atoms with Crippen LogP contribution in [-0.2, 0) is 6.61 Å². The SMILES string of the molecule is O=[N+]([O-])c1c(F)ccc(CO)c1Br. The predicted molar refractivity (Wildman–Crippen MR) is 46.7 cm³/mol. The van der Waals surface area contributed by atoms with Crippen molar-refractivity contribution >= 4 is 21.6 Å². The van der Waals surface area contributed by atoms with Gasteiger partial charge in [0.05, 0.1) is 11.5 Å². The number of halogens is 2. The minimum atomic E-state index is -0.922. The molecule has 4 nitrogen and oxygen atoms in total. The molecule has 0 heterocycles. The van der Waals surface area contributed by atoms with Crippen LogP contribution in [-0.4, -0.2) is 10.0 Å². The number of nitro groups is 1. The second-order valence-corrected chi connectivity index (χ2v) is 3.08. The van der Waals surface area contributed by atoms with E-state index in [0.29, 0.717) is 0 Å². The zero-order valence-corrected chi connectivity index (χ0v) is 7.91. The summed E-state index contributed by atoms with van der Waals surface area (Å²) in [5, 5.41) is 19.1. The van der Waals surface area contributed by atoms with Gasteiger partial charge in [0.25, 0.3) is 0 Å². The maximum Gasteiger partial charge on any atom is 0.319 e. The zero-order valence-electron chi connectivity index (χ0n) is 6.33. The second kappa shape index (κ2) is 3.80. The van der Waals surface area contributed by atoms with E-state index < -0.39 is 16.4 Å². The number of aliphatic hydroxyl groups is 1. The largest absolute Gasteiger partial charge is 0.392 e. The van der Waals surface area contributed by atoms with Crippen LogP contribution in [0.25, 0.3) is 0 Å². The summed E-state index contributed by atoms with van der Waals surface area (Å²) in [6.45, 7) is -0.373. The maximum absolute atomic E-state index is 12.9. The highest BCUT2D eigenvalue weighted by Gasteiger charge is 2.20. The van der Waals surface area contributed by atoms with Gasteiger partial charge in [0.1, 0.15) is 4.47 Å². The number of nitrogens with zero attached hydrogens (tertiary/aromatic N) is 1. The fourth-order valence-corrected chi connectivity index (χ4v) is 1.46. The molecule has 0 fully saturated rings. The predicted octanol–water partition coefficient (Wildman–Crippen LogP) is 1.99. The van der Waals surface area contributed by atoms with Crippen LogP contribution in [0.15, 0.2) is 16.6 Å². The molecule has 0 aliphatic heterocycles. The first-order chi connectivity index (χ1) is 6.07. The zero-order chi connectivity index (χ0) is 10.0. The van der Waals surface area contributed by atoms with E-state index in [9.17, 15) is 14.5 Å². The lowest BCUT2D eigenvalue weighted by Crippen LogP contribution is -1.97. The molecule has 0 amide bonds. The number of benzene rings is 1. The van der Waals surface area contributed by atoms with Gasteiger partial charge >= 0.3 is 5.69 Å². The van der Waals surface area contributed by atoms with Gasteiger partial charge in [-0.25, -0.2) is 0 Å². The van der Waals surface area contributed by atoms with Crippen LogP contribution in [0.5, 0.6) is 0 Å². The first kappa shape index (κ1) is 10.1. The molecule has 13 heavy (non-hydrogen) atoms. The number of hydrogen-bond donors (Lipinski definition) is 1. The van der Waals surface area contributed by atoms with Crippen molar-refractivity contribution in [2.45, 2.75) is 6.61 Å². The van der Waals surface area contributed by atoms with Crippen LogP contribution >= 0.6 is 15.9 Å². The van der Waals surface area contributed by atoms with Gasteiger partial charge in [0.15, 0.2) is 0 Å². The van der Waals surface area contributed by atoms with Crippen molar-refractivity contribution in [3.8, 4) is 0 Å². The molecule has 0 saturated carbocycles. The third-order valence-corrected chi connectivity index (χ3v) is 2.38. The number of rotatable bonds is 2. The highest BCUT2D eigenvalue weighted by Crippen LogP contribution is 2.30. The Morgan fingerprint density at radius 3 is 2.69 bits per heavy atom. The van der Waals surface area contributed by atoms with Crippen molar-refractivity contribution in [3.05, 3.63) is 38.1 Å². The molecular formula is C7H5BrFNO3. The topological polar surface area (TPSA) is 63.4 Å². The van der Waals surface area contributed by atoms with Crippen molar-refractivity contribution < 1.29 is 14.4 Å². The monoisotopic (exact) mass is 249 g/mol. The van der Waals surface area contributed by atoms with E-state index in [1.807, 2.05) is 0 Å². The Kier molecular flexibility index (Phi) is 2.94. The molecule has 1 N–H and O–H groups in total. The highest BCUT2D eigenvalue weighted by atomic mass is 79.9. The molecule has 0 saturated heterocycles. The summed E-state index contributed by atoms with van der Waals surface area (Å²) in [6, 6.07) is 2.24. The van der Waals surface area contributed by atoms with E-state index in [-0.39, 0.29) is 16.6 Å². The van der Waals surface area contributed by atoms with Crippen LogP contribution in [0.4, 0.5) is 10.1 Å².